The first kappa shape index (κ1) is 12.3. The molecule has 15 heavy (non-hydrogen) atoms. The van der Waals surface area contributed by atoms with Gasteiger partial charge in [0.15, 0.2) is 15.2 Å². The topological polar surface area (TPSA) is 53.4 Å². The second kappa shape index (κ2) is 4.81. The van der Waals surface area contributed by atoms with Crippen molar-refractivity contribution in [1.29, 1.82) is 0 Å². The number of rotatable bonds is 4. The molecule has 0 fully saturated rings. The fourth-order valence-corrected chi connectivity index (χ4v) is 2.59. The highest BCUT2D eigenvalue weighted by Gasteiger charge is 2.19. The van der Waals surface area contributed by atoms with E-state index in [1.54, 1.807) is 0 Å². The molecular formula is C9H13ClN2O2S. The SMILES string of the molecule is CCN(c1nc(Cl)c(C(=O)O)s1)C(C)C. The smallest absolute Gasteiger partial charge is 0.349 e. The summed E-state index contributed by atoms with van der Waals surface area (Å²) >= 11 is 6.85. The van der Waals surface area contributed by atoms with Crippen molar-refractivity contribution in [2.75, 3.05) is 11.4 Å². The summed E-state index contributed by atoms with van der Waals surface area (Å²) in [5.74, 6) is -1.02. The molecule has 0 spiro atoms. The van der Waals surface area contributed by atoms with Crippen LogP contribution in [0.4, 0.5) is 5.13 Å². The third kappa shape index (κ3) is 2.60. The third-order valence-corrected chi connectivity index (χ3v) is 3.44. The van der Waals surface area contributed by atoms with Gasteiger partial charge in [0.2, 0.25) is 0 Å². The van der Waals surface area contributed by atoms with Gasteiger partial charge in [-0.1, -0.05) is 22.9 Å². The molecule has 0 amide bonds. The van der Waals surface area contributed by atoms with Crippen molar-refractivity contribution in [2.45, 2.75) is 26.8 Å². The summed E-state index contributed by atoms with van der Waals surface area (Å²) in [4.78, 5) is 16.9. The second-order valence-corrected chi connectivity index (χ2v) is 4.64. The lowest BCUT2D eigenvalue weighted by Crippen LogP contribution is -2.30. The highest BCUT2D eigenvalue weighted by molar-refractivity contribution is 7.18. The molecule has 1 aromatic heterocycles. The number of thiazole rings is 1. The Morgan fingerprint density at radius 3 is 2.60 bits per heavy atom. The summed E-state index contributed by atoms with van der Waals surface area (Å²) in [5, 5.41) is 9.57. The largest absolute Gasteiger partial charge is 0.477 e. The lowest BCUT2D eigenvalue weighted by Gasteiger charge is -2.23. The van der Waals surface area contributed by atoms with Crippen molar-refractivity contribution < 1.29 is 9.90 Å². The lowest BCUT2D eigenvalue weighted by molar-refractivity contribution is 0.0702. The zero-order valence-electron chi connectivity index (χ0n) is 8.82. The van der Waals surface area contributed by atoms with Crippen LogP contribution in [0.3, 0.4) is 0 Å². The minimum atomic E-state index is -1.02. The minimum absolute atomic E-state index is 0.0709. The van der Waals surface area contributed by atoms with Gasteiger partial charge in [-0.2, -0.15) is 0 Å². The number of carbonyl (C=O) groups is 1. The van der Waals surface area contributed by atoms with Crippen molar-refractivity contribution in [2.24, 2.45) is 0 Å². The monoisotopic (exact) mass is 248 g/mol. The number of carboxylic acid groups (broad SMARTS) is 1. The fraction of sp³-hybridized carbons (Fsp3) is 0.556. The van der Waals surface area contributed by atoms with E-state index in [-0.39, 0.29) is 16.1 Å². The summed E-state index contributed by atoms with van der Waals surface area (Å²) in [5.41, 5.74) is 0. The number of carboxylic acids is 1. The van der Waals surface area contributed by atoms with Gasteiger partial charge >= 0.3 is 5.97 Å². The van der Waals surface area contributed by atoms with E-state index in [4.69, 9.17) is 16.7 Å². The molecular weight excluding hydrogens is 236 g/mol. The van der Waals surface area contributed by atoms with E-state index in [1.807, 2.05) is 25.7 Å². The fourth-order valence-electron chi connectivity index (χ4n) is 1.27. The Bertz CT molecular complexity index is 365. The van der Waals surface area contributed by atoms with Crippen LogP contribution in [0.1, 0.15) is 30.4 Å². The molecule has 0 saturated carbocycles. The van der Waals surface area contributed by atoms with E-state index in [1.165, 1.54) is 0 Å². The van der Waals surface area contributed by atoms with Crippen LogP contribution in [0, 0.1) is 0 Å². The standard InChI is InChI=1S/C9H13ClN2O2S/c1-4-12(5(2)3)9-11-7(10)6(15-9)8(13)14/h5H,4H2,1-3H3,(H,13,14). The molecule has 0 saturated heterocycles. The van der Waals surface area contributed by atoms with Crippen molar-refractivity contribution in [3.63, 3.8) is 0 Å². The normalized spacial score (nSPS) is 10.7. The van der Waals surface area contributed by atoms with Crippen LogP contribution in [0.15, 0.2) is 0 Å². The summed E-state index contributed by atoms with van der Waals surface area (Å²) < 4.78 is 0. The van der Waals surface area contributed by atoms with Gasteiger partial charge in [-0.25, -0.2) is 9.78 Å². The van der Waals surface area contributed by atoms with Gasteiger partial charge in [0.1, 0.15) is 0 Å². The molecule has 1 N–H and O–H groups in total. The zero-order chi connectivity index (χ0) is 11.6. The molecule has 0 unspecified atom stereocenters. The van der Waals surface area contributed by atoms with E-state index in [9.17, 15) is 4.79 Å². The summed E-state index contributed by atoms with van der Waals surface area (Å²) in [6, 6.07) is 0.277. The minimum Gasteiger partial charge on any atom is -0.477 e. The Morgan fingerprint density at radius 2 is 2.27 bits per heavy atom. The van der Waals surface area contributed by atoms with Crippen LogP contribution < -0.4 is 4.90 Å². The molecule has 0 atom stereocenters. The molecule has 0 aliphatic carbocycles. The molecule has 0 radical (unpaired) electrons. The van der Waals surface area contributed by atoms with Gasteiger partial charge in [0, 0.05) is 12.6 Å². The number of halogens is 1. The molecule has 1 heterocycles. The number of nitrogens with zero attached hydrogens (tertiary/aromatic N) is 2. The Labute approximate surface area is 97.5 Å². The Balaban J connectivity index is 3.05. The van der Waals surface area contributed by atoms with Gasteiger partial charge in [-0.05, 0) is 20.8 Å². The lowest BCUT2D eigenvalue weighted by atomic mass is 10.3. The Morgan fingerprint density at radius 1 is 1.67 bits per heavy atom. The van der Waals surface area contributed by atoms with Crippen molar-refractivity contribution in [3.05, 3.63) is 10.0 Å². The van der Waals surface area contributed by atoms with Crippen LogP contribution in [0.5, 0.6) is 0 Å². The highest BCUT2D eigenvalue weighted by atomic mass is 35.5. The summed E-state index contributed by atoms with van der Waals surface area (Å²) in [6.45, 7) is 6.83. The van der Waals surface area contributed by atoms with E-state index in [0.717, 1.165) is 17.9 Å². The van der Waals surface area contributed by atoms with Crippen LogP contribution in [0.2, 0.25) is 5.15 Å². The van der Waals surface area contributed by atoms with Crippen LogP contribution in [-0.4, -0.2) is 28.6 Å². The van der Waals surface area contributed by atoms with Crippen molar-refractivity contribution in [3.8, 4) is 0 Å². The van der Waals surface area contributed by atoms with Gasteiger partial charge in [-0.15, -0.1) is 0 Å². The van der Waals surface area contributed by atoms with Gasteiger partial charge in [0.25, 0.3) is 0 Å². The van der Waals surface area contributed by atoms with Crippen LogP contribution in [0.25, 0.3) is 0 Å². The van der Waals surface area contributed by atoms with E-state index >= 15 is 0 Å². The second-order valence-electron chi connectivity index (χ2n) is 3.30. The van der Waals surface area contributed by atoms with Gasteiger partial charge < -0.3 is 10.0 Å². The van der Waals surface area contributed by atoms with E-state index in [0.29, 0.717) is 5.13 Å². The van der Waals surface area contributed by atoms with Gasteiger partial charge in [0.05, 0.1) is 0 Å². The number of aromatic carboxylic acids is 1. The quantitative estimate of drug-likeness (QED) is 0.890. The zero-order valence-corrected chi connectivity index (χ0v) is 10.4. The van der Waals surface area contributed by atoms with Crippen molar-refractivity contribution >= 4 is 34.0 Å². The van der Waals surface area contributed by atoms with Gasteiger partial charge in [-0.3, -0.25) is 0 Å². The first-order chi connectivity index (χ1) is 6.97. The maximum Gasteiger partial charge on any atom is 0.349 e. The maximum atomic E-state index is 10.8. The number of anilines is 1. The van der Waals surface area contributed by atoms with Crippen LogP contribution >= 0.6 is 22.9 Å². The molecule has 6 heteroatoms. The highest BCUT2D eigenvalue weighted by Crippen LogP contribution is 2.30. The molecule has 4 nitrogen and oxygen atoms in total. The molecule has 0 aliphatic rings. The predicted octanol–water partition coefficient (Wildman–Crippen LogP) is 2.73. The Kier molecular flexibility index (Phi) is 3.93. The number of hydrogen-bond acceptors (Lipinski definition) is 4. The van der Waals surface area contributed by atoms with E-state index < -0.39 is 5.97 Å². The van der Waals surface area contributed by atoms with E-state index in [2.05, 4.69) is 4.98 Å². The van der Waals surface area contributed by atoms with Crippen molar-refractivity contribution in [1.82, 2.24) is 4.98 Å². The molecule has 0 aromatic carbocycles. The first-order valence-corrected chi connectivity index (χ1v) is 5.83. The first-order valence-electron chi connectivity index (χ1n) is 4.63. The average molecular weight is 249 g/mol. The van der Waals surface area contributed by atoms with Crippen LogP contribution in [-0.2, 0) is 0 Å². The molecule has 1 aromatic rings. The molecule has 0 aliphatic heterocycles. The predicted molar refractivity (Wildman–Crippen MR) is 62.2 cm³/mol. The average Bonchev–Trinajstić information content (AvgIpc) is 2.48. The summed E-state index contributed by atoms with van der Waals surface area (Å²) in [6.07, 6.45) is 0. The molecule has 84 valence electrons. The summed E-state index contributed by atoms with van der Waals surface area (Å²) in [7, 11) is 0. The number of hydrogen-bond donors (Lipinski definition) is 1. The maximum absolute atomic E-state index is 10.8. The Hall–Kier alpha value is -0.810. The molecule has 0 bridgehead atoms. The molecule has 1 rings (SSSR count). The number of aromatic nitrogens is 1. The third-order valence-electron chi connectivity index (χ3n) is 1.98.